The first-order valence-corrected chi connectivity index (χ1v) is 9.21. The highest BCUT2D eigenvalue weighted by molar-refractivity contribution is 6.05. The number of aliphatic hydroxyl groups is 1. The highest BCUT2D eigenvalue weighted by atomic mass is 19.4. The number of hydrogen-bond acceptors (Lipinski definition) is 5. The molecule has 0 aliphatic rings. The number of rotatable bonds is 6. The first-order chi connectivity index (χ1) is 14.6. The summed E-state index contributed by atoms with van der Waals surface area (Å²) in [5.74, 6) is -1.40. The van der Waals surface area contributed by atoms with E-state index in [0.29, 0.717) is 22.2 Å². The van der Waals surface area contributed by atoms with Crippen molar-refractivity contribution in [1.82, 2.24) is 9.88 Å². The lowest BCUT2D eigenvalue weighted by molar-refractivity contribution is -0.274. The average Bonchev–Trinajstić information content (AvgIpc) is 2.96. The van der Waals surface area contributed by atoms with E-state index in [4.69, 9.17) is 5.11 Å². The molecule has 0 aliphatic heterocycles. The van der Waals surface area contributed by atoms with Crippen molar-refractivity contribution in [2.24, 2.45) is 0 Å². The zero-order valence-corrected chi connectivity index (χ0v) is 16.4. The summed E-state index contributed by atoms with van der Waals surface area (Å²) >= 11 is 0. The molecule has 3 rings (SSSR count). The summed E-state index contributed by atoms with van der Waals surface area (Å²) in [5.41, 5.74) is 1.49. The number of phenols is 1. The third-order valence-corrected chi connectivity index (χ3v) is 4.63. The molecular formula is C21H19F3N2O5. The second-order valence-corrected chi connectivity index (χ2v) is 6.73. The Morgan fingerprint density at radius 3 is 2.42 bits per heavy atom. The highest BCUT2D eigenvalue weighted by Crippen LogP contribution is 2.31. The molecule has 3 N–H and O–H groups in total. The number of hydrogen-bond donors (Lipinski definition) is 3. The van der Waals surface area contributed by atoms with Crippen LogP contribution in [0.5, 0.6) is 11.5 Å². The molecule has 0 unspecified atom stereocenters. The van der Waals surface area contributed by atoms with Gasteiger partial charge in [0.1, 0.15) is 11.5 Å². The van der Waals surface area contributed by atoms with Crippen molar-refractivity contribution >= 4 is 22.7 Å². The number of aromatic nitrogens is 1. The fourth-order valence-corrected chi connectivity index (χ4v) is 3.30. The van der Waals surface area contributed by atoms with Crippen LogP contribution in [0.2, 0.25) is 0 Å². The Bertz CT molecular complexity index is 1120. The Morgan fingerprint density at radius 2 is 1.81 bits per heavy atom. The predicted octanol–water partition coefficient (Wildman–Crippen LogP) is 2.89. The van der Waals surface area contributed by atoms with Gasteiger partial charge >= 0.3 is 6.36 Å². The van der Waals surface area contributed by atoms with Gasteiger partial charge in [-0.15, -0.1) is 13.2 Å². The number of halogens is 3. The zero-order valence-electron chi connectivity index (χ0n) is 16.4. The number of carbonyl (C=O) groups excluding carboxylic acids is 2. The molecule has 1 amide bonds. The van der Waals surface area contributed by atoms with Crippen LogP contribution in [-0.2, 0) is 11.2 Å². The van der Waals surface area contributed by atoms with Gasteiger partial charge in [-0.2, -0.15) is 0 Å². The fourth-order valence-electron chi connectivity index (χ4n) is 3.30. The molecule has 7 nitrogen and oxygen atoms in total. The second-order valence-electron chi connectivity index (χ2n) is 6.73. The zero-order chi connectivity index (χ0) is 22.8. The SMILES string of the molecule is Cc1c(CC(=O)NCCO)c2cc(O)ccc2n1C(=O)c1ccc(OC(F)(F)F)cc1. The number of aliphatic hydroxyl groups excluding tert-OH is 1. The summed E-state index contributed by atoms with van der Waals surface area (Å²) in [5, 5.41) is 21.8. The third-order valence-electron chi connectivity index (χ3n) is 4.63. The standard InChI is InChI=1S/C21H19F3N2O5/c1-12-16(11-19(29)25-8-9-27)17-10-14(28)4-7-18(17)26(12)20(30)13-2-5-15(6-3-13)31-21(22,23)24/h2-7,10,27-28H,8-9,11H2,1H3,(H,25,29). The summed E-state index contributed by atoms with van der Waals surface area (Å²) in [6.07, 6.45) is -4.93. The van der Waals surface area contributed by atoms with E-state index in [0.717, 1.165) is 12.1 Å². The first-order valence-electron chi connectivity index (χ1n) is 9.21. The van der Waals surface area contributed by atoms with Gasteiger partial charge < -0.3 is 20.3 Å². The summed E-state index contributed by atoms with van der Waals surface area (Å²) in [6.45, 7) is 1.48. The number of phenolic OH excluding ortho intramolecular Hbond substituents is 1. The van der Waals surface area contributed by atoms with Gasteiger partial charge in [0.2, 0.25) is 5.91 Å². The van der Waals surface area contributed by atoms with Crippen LogP contribution < -0.4 is 10.1 Å². The van der Waals surface area contributed by atoms with E-state index in [9.17, 15) is 27.9 Å². The molecule has 0 spiro atoms. The molecule has 0 saturated carbocycles. The van der Waals surface area contributed by atoms with E-state index in [1.165, 1.54) is 34.9 Å². The van der Waals surface area contributed by atoms with Crippen molar-refractivity contribution < 1.29 is 37.7 Å². The minimum absolute atomic E-state index is 0.0530. The number of fused-ring (bicyclic) bond motifs is 1. The van der Waals surface area contributed by atoms with Crippen molar-refractivity contribution in [3.05, 3.63) is 59.3 Å². The fraction of sp³-hybridized carbons (Fsp3) is 0.238. The molecule has 0 bridgehead atoms. The highest BCUT2D eigenvalue weighted by Gasteiger charge is 2.31. The van der Waals surface area contributed by atoms with Crippen LogP contribution in [0.15, 0.2) is 42.5 Å². The lowest BCUT2D eigenvalue weighted by Crippen LogP contribution is -2.28. The summed E-state index contributed by atoms with van der Waals surface area (Å²) in [7, 11) is 0. The average molecular weight is 436 g/mol. The minimum atomic E-state index is -4.84. The summed E-state index contributed by atoms with van der Waals surface area (Å²) < 4.78 is 42.2. The number of benzene rings is 2. The minimum Gasteiger partial charge on any atom is -0.508 e. The number of aromatic hydroxyl groups is 1. The normalized spacial score (nSPS) is 11.5. The molecule has 0 atom stereocenters. The topological polar surface area (TPSA) is 101 Å². The molecule has 1 heterocycles. The Hall–Kier alpha value is -3.53. The van der Waals surface area contributed by atoms with Crippen LogP contribution in [0.25, 0.3) is 10.9 Å². The molecule has 0 fully saturated rings. The number of nitrogens with one attached hydrogen (secondary N) is 1. The van der Waals surface area contributed by atoms with E-state index < -0.39 is 18.0 Å². The largest absolute Gasteiger partial charge is 0.573 e. The molecular weight excluding hydrogens is 417 g/mol. The van der Waals surface area contributed by atoms with Gasteiger partial charge in [-0.05, 0) is 55.0 Å². The monoisotopic (exact) mass is 436 g/mol. The third kappa shape index (κ3) is 4.97. The second kappa shape index (κ2) is 8.68. The van der Waals surface area contributed by atoms with Crippen molar-refractivity contribution in [1.29, 1.82) is 0 Å². The summed E-state index contributed by atoms with van der Waals surface area (Å²) in [4.78, 5) is 25.3. The quantitative estimate of drug-likeness (QED) is 0.552. The van der Waals surface area contributed by atoms with Crippen LogP contribution in [-0.4, -0.2) is 46.1 Å². The van der Waals surface area contributed by atoms with Crippen LogP contribution >= 0.6 is 0 Å². The van der Waals surface area contributed by atoms with Gasteiger partial charge in [-0.1, -0.05) is 0 Å². The van der Waals surface area contributed by atoms with Crippen LogP contribution in [0, 0.1) is 6.92 Å². The van der Waals surface area contributed by atoms with Gasteiger partial charge in [0.15, 0.2) is 0 Å². The van der Waals surface area contributed by atoms with Gasteiger partial charge in [-0.25, -0.2) is 0 Å². The first kappa shape index (κ1) is 22.2. The van der Waals surface area contributed by atoms with Gasteiger partial charge in [-0.3, -0.25) is 14.2 Å². The van der Waals surface area contributed by atoms with Crippen LogP contribution in [0.1, 0.15) is 21.6 Å². The smallest absolute Gasteiger partial charge is 0.508 e. The van der Waals surface area contributed by atoms with E-state index in [1.54, 1.807) is 6.92 Å². The Balaban J connectivity index is 2.00. The number of nitrogens with zero attached hydrogens (tertiary/aromatic N) is 1. The maximum atomic E-state index is 13.1. The molecule has 31 heavy (non-hydrogen) atoms. The van der Waals surface area contributed by atoms with Crippen molar-refractivity contribution in [2.75, 3.05) is 13.2 Å². The lowest BCUT2D eigenvalue weighted by atomic mass is 10.1. The molecule has 0 aliphatic carbocycles. The Labute approximate surface area is 174 Å². The maximum Gasteiger partial charge on any atom is 0.573 e. The number of carbonyl (C=O) groups is 2. The van der Waals surface area contributed by atoms with Crippen molar-refractivity contribution in [3.63, 3.8) is 0 Å². The van der Waals surface area contributed by atoms with Gasteiger partial charge in [0.25, 0.3) is 5.91 Å². The van der Waals surface area contributed by atoms with Gasteiger partial charge in [0, 0.05) is 23.2 Å². The number of amides is 1. The number of alkyl halides is 3. The van der Waals surface area contributed by atoms with Crippen molar-refractivity contribution in [2.45, 2.75) is 19.7 Å². The molecule has 0 radical (unpaired) electrons. The van der Waals surface area contributed by atoms with Crippen molar-refractivity contribution in [3.8, 4) is 11.5 Å². The molecule has 0 saturated heterocycles. The molecule has 2 aromatic carbocycles. The Morgan fingerprint density at radius 1 is 1.13 bits per heavy atom. The Kier molecular flexibility index (Phi) is 6.21. The maximum absolute atomic E-state index is 13.1. The van der Waals surface area contributed by atoms with E-state index >= 15 is 0 Å². The van der Waals surface area contributed by atoms with E-state index in [-0.39, 0.29) is 36.8 Å². The predicted molar refractivity (Wildman–Crippen MR) is 105 cm³/mol. The van der Waals surface area contributed by atoms with E-state index in [1.807, 2.05) is 0 Å². The molecule has 10 heteroatoms. The molecule has 3 aromatic rings. The molecule has 1 aromatic heterocycles. The van der Waals surface area contributed by atoms with Crippen LogP contribution in [0.4, 0.5) is 13.2 Å². The van der Waals surface area contributed by atoms with Gasteiger partial charge in [0.05, 0.1) is 18.5 Å². The number of ether oxygens (including phenoxy) is 1. The lowest BCUT2D eigenvalue weighted by Gasteiger charge is -2.10. The molecule has 164 valence electrons. The van der Waals surface area contributed by atoms with Crippen LogP contribution in [0.3, 0.4) is 0 Å². The summed E-state index contributed by atoms with van der Waals surface area (Å²) in [6, 6.07) is 8.84. The van der Waals surface area contributed by atoms with E-state index in [2.05, 4.69) is 10.1 Å².